The number of nitrogens with two attached hydrogens (primary N) is 1. The summed E-state index contributed by atoms with van der Waals surface area (Å²) in [6.07, 6.45) is 0. The molecule has 0 atom stereocenters. The zero-order chi connectivity index (χ0) is 9.84. The second-order valence-electron chi connectivity index (χ2n) is 2.62. The van der Waals surface area contributed by atoms with E-state index in [4.69, 9.17) is 5.73 Å². The van der Waals surface area contributed by atoms with Crippen LogP contribution in [0.2, 0.25) is 0 Å². The highest BCUT2D eigenvalue weighted by molar-refractivity contribution is 9.08. The van der Waals surface area contributed by atoms with Crippen molar-refractivity contribution >= 4 is 37.8 Å². The van der Waals surface area contributed by atoms with E-state index in [1.807, 2.05) is 12.1 Å². The van der Waals surface area contributed by atoms with Gasteiger partial charge in [-0.1, -0.05) is 44.0 Å². The van der Waals surface area contributed by atoms with E-state index in [0.29, 0.717) is 10.9 Å². The molecular weight excluding hydrogens is 298 g/mol. The zero-order valence-electron chi connectivity index (χ0n) is 6.89. The van der Waals surface area contributed by atoms with E-state index in [1.165, 1.54) is 0 Å². The second kappa shape index (κ2) is 4.77. The van der Waals surface area contributed by atoms with Gasteiger partial charge in [-0.05, 0) is 17.2 Å². The molecule has 0 radical (unpaired) electrons. The first-order valence-electron chi connectivity index (χ1n) is 3.72. The Labute approximate surface area is 93.8 Å². The predicted octanol–water partition coefficient (Wildman–Crippen LogP) is 2.58. The highest BCUT2D eigenvalue weighted by atomic mass is 79.9. The van der Waals surface area contributed by atoms with Gasteiger partial charge in [0.2, 0.25) is 5.91 Å². The van der Waals surface area contributed by atoms with Crippen molar-refractivity contribution in [2.75, 3.05) is 0 Å². The second-order valence-corrected chi connectivity index (χ2v) is 3.74. The molecule has 13 heavy (non-hydrogen) atoms. The van der Waals surface area contributed by atoms with Gasteiger partial charge < -0.3 is 5.73 Å². The molecule has 1 aromatic rings. The Bertz CT molecular complexity index is 325. The van der Waals surface area contributed by atoms with E-state index < -0.39 is 0 Å². The molecule has 0 unspecified atom stereocenters. The number of carbonyl (C=O) groups is 1. The van der Waals surface area contributed by atoms with Crippen LogP contribution < -0.4 is 5.73 Å². The van der Waals surface area contributed by atoms with Crippen LogP contribution in [0, 0.1) is 0 Å². The summed E-state index contributed by atoms with van der Waals surface area (Å²) >= 11 is 6.67. The van der Waals surface area contributed by atoms with Gasteiger partial charge in [0, 0.05) is 16.2 Å². The van der Waals surface area contributed by atoms with Crippen molar-refractivity contribution in [1.82, 2.24) is 0 Å². The molecule has 0 saturated carbocycles. The van der Waals surface area contributed by atoms with Crippen molar-refractivity contribution in [2.24, 2.45) is 5.73 Å². The third-order valence-electron chi connectivity index (χ3n) is 1.73. The molecule has 0 spiro atoms. The molecule has 0 bridgehead atoms. The van der Waals surface area contributed by atoms with Crippen LogP contribution in [0.4, 0.5) is 0 Å². The van der Waals surface area contributed by atoms with Crippen molar-refractivity contribution in [3.63, 3.8) is 0 Å². The number of primary amides is 1. The fraction of sp³-hybridized carbons (Fsp3) is 0.222. The maximum Gasteiger partial charge on any atom is 0.249 e. The molecule has 2 N–H and O–H groups in total. The number of amides is 1. The minimum Gasteiger partial charge on any atom is -0.366 e. The number of halogens is 2. The monoisotopic (exact) mass is 305 g/mol. The predicted molar refractivity (Wildman–Crippen MR) is 60.2 cm³/mol. The van der Waals surface area contributed by atoms with Gasteiger partial charge in [0.05, 0.1) is 0 Å². The van der Waals surface area contributed by atoms with Gasteiger partial charge >= 0.3 is 0 Å². The molecule has 0 aliphatic carbocycles. The number of benzene rings is 1. The third-order valence-corrected chi connectivity index (χ3v) is 2.98. The van der Waals surface area contributed by atoms with E-state index in [0.717, 1.165) is 16.5 Å². The molecule has 70 valence electrons. The molecule has 0 aliphatic heterocycles. The average Bonchev–Trinajstić information content (AvgIpc) is 2.16. The minimum atomic E-state index is -0.379. The van der Waals surface area contributed by atoms with Crippen molar-refractivity contribution < 1.29 is 4.79 Å². The van der Waals surface area contributed by atoms with Crippen LogP contribution in [0.3, 0.4) is 0 Å². The van der Waals surface area contributed by atoms with E-state index >= 15 is 0 Å². The molecule has 0 heterocycles. The summed E-state index contributed by atoms with van der Waals surface area (Å²) < 4.78 is 0. The largest absolute Gasteiger partial charge is 0.366 e. The number of carbonyl (C=O) groups excluding carboxylic acids is 1. The fourth-order valence-electron chi connectivity index (χ4n) is 1.08. The normalized spacial score (nSPS) is 10.0. The lowest BCUT2D eigenvalue weighted by Crippen LogP contribution is -2.13. The summed E-state index contributed by atoms with van der Waals surface area (Å²) in [5.41, 5.74) is 7.87. The Morgan fingerprint density at radius 2 is 2.00 bits per heavy atom. The van der Waals surface area contributed by atoms with Gasteiger partial charge in [0.15, 0.2) is 0 Å². The van der Waals surface area contributed by atoms with Gasteiger partial charge in [-0.2, -0.15) is 0 Å². The number of rotatable bonds is 3. The van der Waals surface area contributed by atoms with Gasteiger partial charge in [-0.25, -0.2) is 0 Å². The van der Waals surface area contributed by atoms with Crippen LogP contribution >= 0.6 is 31.9 Å². The Kier molecular flexibility index (Phi) is 3.93. The molecule has 0 saturated heterocycles. The van der Waals surface area contributed by atoms with Crippen LogP contribution in [-0.4, -0.2) is 5.91 Å². The molecule has 1 aromatic carbocycles. The summed E-state index contributed by atoms with van der Waals surface area (Å²) in [5, 5.41) is 1.43. The molecule has 2 nitrogen and oxygen atoms in total. The first kappa shape index (κ1) is 10.7. The Balaban J connectivity index is 3.15. The fourth-order valence-corrected chi connectivity index (χ4v) is 1.89. The minimum absolute atomic E-state index is 0.379. The van der Waals surface area contributed by atoms with Gasteiger partial charge in [-0.3, -0.25) is 4.79 Å². The SMILES string of the molecule is NC(=O)c1ccc(CBr)cc1CBr. The van der Waals surface area contributed by atoms with Crippen molar-refractivity contribution in [2.45, 2.75) is 10.7 Å². The Morgan fingerprint density at radius 3 is 2.46 bits per heavy atom. The summed E-state index contributed by atoms with van der Waals surface area (Å²) in [6, 6.07) is 5.61. The van der Waals surface area contributed by atoms with E-state index in [9.17, 15) is 4.79 Å². The smallest absolute Gasteiger partial charge is 0.249 e. The summed E-state index contributed by atoms with van der Waals surface area (Å²) in [7, 11) is 0. The lowest BCUT2D eigenvalue weighted by molar-refractivity contribution is 0.0999. The highest BCUT2D eigenvalue weighted by Crippen LogP contribution is 2.16. The number of hydrogen-bond donors (Lipinski definition) is 1. The van der Waals surface area contributed by atoms with Crippen molar-refractivity contribution in [3.05, 3.63) is 34.9 Å². The lowest BCUT2D eigenvalue weighted by Gasteiger charge is -2.04. The van der Waals surface area contributed by atoms with Gasteiger partial charge in [0.25, 0.3) is 0 Å². The molecule has 0 aliphatic rings. The summed E-state index contributed by atoms with van der Waals surface area (Å²) in [5.74, 6) is -0.379. The van der Waals surface area contributed by atoms with Crippen molar-refractivity contribution in [1.29, 1.82) is 0 Å². The molecule has 1 rings (SSSR count). The van der Waals surface area contributed by atoms with E-state index in [1.54, 1.807) is 6.07 Å². The quantitative estimate of drug-likeness (QED) is 0.857. The molecule has 4 heteroatoms. The highest BCUT2D eigenvalue weighted by Gasteiger charge is 2.06. The topological polar surface area (TPSA) is 43.1 Å². The Morgan fingerprint density at radius 1 is 1.31 bits per heavy atom. The molecule has 0 fully saturated rings. The standard InChI is InChI=1S/C9H9Br2NO/c10-4-6-1-2-8(9(12)13)7(3-6)5-11/h1-3H,4-5H2,(H2,12,13). The van der Waals surface area contributed by atoms with Crippen LogP contribution in [0.1, 0.15) is 21.5 Å². The van der Waals surface area contributed by atoms with Gasteiger partial charge in [-0.15, -0.1) is 0 Å². The average molecular weight is 307 g/mol. The van der Waals surface area contributed by atoms with Crippen LogP contribution in [0.25, 0.3) is 0 Å². The molecule has 1 amide bonds. The van der Waals surface area contributed by atoms with Crippen molar-refractivity contribution in [3.8, 4) is 0 Å². The maximum atomic E-state index is 11.0. The summed E-state index contributed by atoms with van der Waals surface area (Å²) in [4.78, 5) is 11.0. The number of alkyl halides is 2. The van der Waals surface area contributed by atoms with E-state index in [2.05, 4.69) is 31.9 Å². The zero-order valence-corrected chi connectivity index (χ0v) is 10.1. The summed E-state index contributed by atoms with van der Waals surface area (Å²) in [6.45, 7) is 0. The first-order valence-corrected chi connectivity index (χ1v) is 5.97. The molecule has 0 aromatic heterocycles. The van der Waals surface area contributed by atoms with Crippen LogP contribution in [-0.2, 0) is 10.7 Å². The number of hydrogen-bond acceptors (Lipinski definition) is 1. The van der Waals surface area contributed by atoms with Gasteiger partial charge in [0.1, 0.15) is 0 Å². The van der Waals surface area contributed by atoms with Crippen LogP contribution in [0.5, 0.6) is 0 Å². The Hall–Kier alpha value is -0.350. The third kappa shape index (κ3) is 2.54. The lowest BCUT2D eigenvalue weighted by atomic mass is 10.1. The molecular formula is C9H9Br2NO. The first-order chi connectivity index (χ1) is 6.19. The maximum absolute atomic E-state index is 11.0. The van der Waals surface area contributed by atoms with E-state index in [-0.39, 0.29) is 5.91 Å². The van der Waals surface area contributed by atoms with Crippen LogP contribution in [0.15, 0.2) is 18.2 Å².